The third-order valence-electron chi connectivity index (χ3n) is 1.73. The van der Waals surface area contributed by atoms with Gasteiger partial charge in [0, 0.05) is 0 Å². The molecule has 0 spiro atoms. The second kappa shape index (κ2) is 5.83. The fourth-order valence-electron chi connectivity index (χ4n) is 1.04. The number of hydrogen-bond donors (Lipinski definition) is 3. The van der Waals surface area contributed by atoms with E-state index in [4.69, 9.17) is 15.3 Å². The molecule has 0 saturated carbocycles. The standard InChI is InChI=1S/C9H6O6.Ca.2H/c10-7(11)4-1-2-5(8(12)13)6(3-4)9(14)15;;;/h1-3H,(H,10,11)(H,12,13)(H,14,15);;;. The molecule has 0 atom stereocenters. The number of carboxylic acid groups (broad SMARTS) is 3. The summed E-state index contributed by atoms with van der Waals surface area (Å²) < 4.78 is 0. The van der Waals surface area contributed by atoms with Gasteiger partial charge in [0.1, 0.15) is 0 Å². The minimum atomic E-state index is -1.48. The van der Waals surface area contributed by atoms with Crippen LogP contribution < -0.4 is 0 Å². The topological polar surface area (TPSA) is 112 Å². The summed E-state index contributed by atoms with van der Waals surface area (Å²) >= 11 is 0. The van der Waals surface area contributed by atoms with Crippen LogP contribution in [0.25, 0.3) is 0 Å². The van der Waals surface area contributed by atoms with Gasteiger partial charge in [-0.15, -0.1) is 0 Å². The molecular weight excluding hydrogens is 244 g/mol. The molecule has 0 radical (unpaired) electrons. The van der Waals surface area contributed by atoms with E-state index < -0.39 is 29.0 Å². The summed E-state index contributed by atoms with van der Waals surface area (Å²) in [6, 6.07) is 2.81. The molecule has 0 heterocycles. The first kappa shape index (κ1) is 14.9. The molecule has 1 aromatic rings. The summed E-state index contributed by atoms with van der Waals surface area (Å²) in [5, 5.41) is 25.9. The van der Waals surface area contributed by atoms with E-state index in [1.807, 2.05) is 0 Å². The Balaban J connectivity index is 0.00000225. The molecular formula is C9H8CaO6. The van der Waals surface area contributed by atoms with Crippen molar-refractivity contribution in [1.82, 2.24) is 0 Å². The number of carbonyl (C=O) groups is 3. The average Bonchev–Trinajstić information content (AvgIpc) is 2.16. The quantitative estimate of drug-likeness (QED) is 0.646. The minimum absolute atomic E-state index is 0. The van der Waals surface area contributed by atoms with Gasteiger partial charge in [-0.25, -0.2) is 14.4 Å². The Bertz CT molecular complexity index is 453. The SMILES string of the molecule is O=C(O)c1ccc(C(=O)O)c(C(=O)O)c1.[CaH2]. The maximum atomic E-state index is 10.6. The average molecular weight is 252 g/mol. The fourth-order valence-corrected chi connectivity index (χ4v) is 1.04. The van der Waals surface area contributed by atoms with Gasteiger partial charge in [0.25, 0.3) is 0 Å². The van der Waals surface area contributed by atoms with Crippen LogP contribution in [0.1, 0.15) is 31.1 Å². The fraction of sp³-hybridized carbons (Fsp3) is 0. The molecule has 0 aliphatic rings. The molecule has 1 rings (SSSR count). The van der Waals surface area contributed by atoms with Gasteiger partial charge in [-0.1, -0.05) is 0 Å². The Hall–Kier alpha value is -1.11. The number of benzene rings is 1. The molecule has 0 bridgehead atoms. The van der Waals surface area contributed by atoms with Gasteiger partial charge < -0.3 is 15.3 Å². The van der Waals surface area contributed by atoms with Crippen LogP contribution in [0.4, 0.5) is 0 Å². The first-order valence-electron chi connectivity index (χ1n) is 3.77. The van der Waals surface area contributed by atoms with Crippen molar-refractivity contribution >= 4 is 55.6 Å². The first-order valence-corrected chi connectivity index (χ1v) is 3.77. The molecule has 3 N–H and O–H groups in total. The summed E-state index contributed by atoms with van der Waals surface area (Å²) in [6.45, 7) is 0. The first-order chi connectivity index (χ1) is 6.93. The number of aromatic carboxylic acids is 3. The molecule has 0 saturated heterocycles. The van der Waals surface area contributed by atoms with Crippen molar-refractivity contribution in [3.63, 3.8) is 0 Å². The second-order valence-corrected chi connectivity index (χ2v) is 2.68. The molecule has 0 aliphatic carbocycles. The summed E-state index contributed by atoms with van der Waals surface area (Å²) in [5.74, 6) is -4.20. The van der Waals surface area contributed by atoms with E-state index in [9.17, 15) is 14.4 Å². The Morgan fingerprint density at radius 2 is 1.31 bits per heavy atom. The molecule has 0 unspecified atom stereocenters. The third-order valence-corrected chi connectivity index (χ3v) is 1.73. The third kappa shape index (κ3) is 3.19. The van der Waals surface area contributed by atoms with Crippen LogP contribution in [0.5, 0.6) is 0 Å². The molecule has 1 aromatic carbocycles. The van der Waals surface area contributed by atoms with Gasteiger partial charge in [0.15, 0.2) is 0 Å². The van der Waals surface area contributed by atoms with E-state index in [0.717, 1.165) is 18.2 Å². The predicted octanol–water partition coefficient (Wildman–Crippen LogP) is -0.135. The molecule has 7 heteroatoms. The number of carboxylic acids is 3. The van der Waals surface area contributed by atoms with E-state index >= 15 is 0 Å². The van der Waals surface area contributed by atoms with Gasteiger partial charge in [-0.3, -0.25) is 0 Å². The van der Waals surface area contributed by atoms with Gasteiger partial charge in [0.2, 0.25) is 0 Å². The van der Waals surface area contributed by atoms with Crippen LogP contribution in [0.3, 0.4) is 0 Å². The van der Waals surface area contributed by atoms with Crippen LogP contribution >= 0.6 is 0 Å². The Kier molecular flexibility index (Phi) is 5.43. The van der Waals surface area contributed by atoms with Crippen molar-refractivity contribution in [2.45, 2.75) is 0 Å². The second-order valence-electron chi connectivity index (χ2n) is 2.68. The van der Waals surface area contributed by atoms with Crippen molar-refractivity contribution < 1.29 is 29.7 Å². The zero-order valence-corrected chi connectivity index (χ0v) is 7.30. The molecule has 0 aromatic heterocycles. The van der Waals surface area contributed by atoms with Gasteiger partial charge in [0.05, 0.1) is 16.7 Å². The number of rotatable bonds is 3. The van der Waals surface area contributed by atoms with Crippen molar-refractivity contribution in [2.75, 3.05) is 0 Å². The van der Waals surface area contributed by atoms with E-state index in [0.29, 0.717) is 0 Å². The molecule has 16 heavy (non-hydrogen) atoms. The van der Waals surface area contributed by atoms with E-state index in [1.165, 1.54) is 0 Å². The maximum absolute atomic E-state index is 10.6. The number of hydrogen-bond acceptors (Lipinski definition) is 3. The zero-order chi connectivity index (χ0) is 11.6. The van der Waals surface area contributed by atoms with Crippen LogP contribution in [-0.2, 0) is 0 Å². The molecule has 0 aliphatic heterocycles. The van der Waals surface area contributed by atoms with Crippen molar-refractivity contribution in [3.05, 3.63) is 34.9 Å². The summed E-state index contributed by atoms with van der Waals surface area (Å²) in [4.78, 5) is 31.8. The Morgan fingerprint density at radius 1 is 0.812 bits per heavy atom. The van der Waals surface area contributed by atoms with Crippen LogP contribution in [0.2, 0.25) is 0 Å². The van der Waals surface area contributed by atoms with Crippen molar-refractivity contribution in [3.8, 4) is 0 Å². The van der Waals surface area contributed by atoms with Gasteiger partial charge >= 0.3 is 55.6 Å². The van der Waals surface area contributed by atoms with Gasteiger partial charge in [-0.2, -0.15) is 0 Å². The normalized spacial score (nSPS) is 9.00. The molecule has 0 fully saturated rings. The molecule has 0 amide bonds. The van der Waals surface area contributed by atoms with Crippen LogP contribution in [-0.4, -0.2) is 71.0 Å². The monoisotopic (exact) mass is 252 g/mol. The molecule has 82 valence electrons. The van der Waals surface area contributed by atoms with E-state index in [1.54, 1.807) is 0 Å². The van der Waals surface area contributed by atoms with Gasteiger partial charge in [-0.05, 0) is 18.2 Å². The molecule has 6 nitrogen and oxygen atoms in total. The van der Waals surface area contributed by atoms with Crippen molar-refractivity contribution in [2.24, 2.45) is 0 Å². The summed E-state index contributed by atoms with van der Waals surface area (Å²) in [5.41, 5.74) is -1.24. The zero-order valence-electron chi connectivity index (χ0n) is 7.30. The summed E-state index contributed by atoms with van der Waals surface area (Å²) in [6.07, 6.45) is 0. The Morgan fingerprint density at radius 3 is 1.69 bits per heavy atom. The predicted molar refractivity (Wildman–Crippen MR) is 55.9 cm³/mol. The van der Waals surface area contributed by atoms with Crippen LogP contribution in [0.15, 0.2) is 18.2 Å². The van der Waals surface area contributed by atoms with Crippen molar-refractivity contribution in [1.29, 1.82) is 0 Å². The van der Waals surface area contributed by atoms with E-state index in [-0.39, 0.29) is 43.3 Å². The summed E-state index contributed by atoms with van der Waals surface area (Å²) in [7, 11) is 0. The Labute approximate surface area is 120 Å². The van der Waals surface area contributed by atoms with E-state index in [2.05, 4.69) is 0 Å². The van der Waals surface area contributed by atoms with Crippen LogP contribution in [0, 0.1) is 0 Å².